The second kappa shape index (κ2) is 8.54. The minimum atomic E-state index is -1.24. The number of nitrogens with one attached hydrogen (secondary N) is 1. The zero-order valence-corrected chi connectivity index (χ0v) is 22.3. The summed E-state index contributed by atoms with van der Waals surface area (Å²) in [7, 11) is 12.7. The molecule has 1 N–H and O–H groups in total. The second-order valence-corrected chi connectivity index (χ2v) is 13.0. The monoisotopic (exact) mass is 661 g/mol. The van der Waals surface area contributed by atoms with E-state index in [-0.39, 0.29) is 6.29 Å². The van der Waals surface area contributed by atoms with Crippen LogP contribution in [0, 0.1) is 0 Å². The van der Waals surface area contributed by atoms with Gasteiger partial charge in [0.1, 0.15) is 0 Å². The quantitative estimate of drug-likeness (QED) is 0.431. The van der Waals surface area contributed by atoms with Gasteiger partial charge in [-0.3, -0.25) is 0 Å². The number of halogens is 2. The molecule has 0 amide bonds. The summed E-state index contributed by atoms with van der Waals surface area (Å²) in [5.74, 6) is 1.98. The van der Waals surface area contributed by atoms with E-state index in [2.05, 4.69) is 17.5 Å². The fourth-order valence-electron chi connectivity index (χ4n) is 3.88. The van der Waals surface area contributed by atoms with E-state index in [1.807, 2.05) is 19.2 Å². The van der Waals surface area contributed by atoms with Crippen LogP contribution in [0.3, 0.4) is 0 Å². The zero-order valence-electron chi connectivity index (χ0n) is 15.7. The molecule has 1 aromatic heterocycles. The third-order valence-electron chi connectivity index (χ3n) is 5.19. The van der Waals surface area contributed by atoms with Gasteiger partial charge in [0.2, 0.25) is 0 Å². The summed E-state index contributed by atoms with van der Waals surface area (Å²) < 4.78 is 24.5. The van der Waals surface area contributed by atoms with Crippen molar-refractivity contribution in [1.82, 2.24) is 5.32 Å². The van der Waals surface area contributed by atoms with Crippen LogP contribution in [0.1, 0.15) is 24.9 Å². The van der Waals surface area contributed by atoms with Crippen LogP contribution in [-0.2, 0) is 15.9 Å². The van der Waals surface area contributed by atoms with Crippen molar-refractivity contribution in [3.63, 3.8) is 0 Å². The summed E-state index contributed by atoms with van der Waals surface area (Å²) in [5.41, 5.74) is 4.25. The van der Waals surface area contributed by atoms with Crippen molar-refractivity contribution < 1.29 is 18.3 Å². The van der Waals surface area contributed by atoms with Gasteiger partial charge in [-0.15, -0.1) is 0 Å². The minimum absolute atomic E-state index is 0.313. The first-order valence-corrected chi connectivity index (χ1v) is 18.2. The summed E-state index contributed by atoms with van der Waals surface area (Å²) in [6.45, 7) is 2.49. The van der Waals surface area contributed by atoms with Gasteiger partial charge in [-0.05, 0) is 0 Å². The van der Waals surface area contributed by atoms with E-state index in [0.717, 1.165) is 47.1 Å². The van der Waals surface area contributed by atoms with E-state index >= 15 is 0 Å². The molecule has 5 rings (SSSR count). The Morgan fingerprint density at radius 3 is 2.63 bits per heavy atom. The zero-order chi connectivity index (χ0) is 20.8. The molecule has 0 saturated heterocycles. The normalized spacial score (nSPS) is 27.6. The Morgan fingerprint density at radius 1 is 1.03 bits per heavy atom. The first kappa shape index (κ1) is 20.9. The van der Waals surface area contributed by atoms with Crippen LogP contribution in [0.25, 0.3) is 0 Å². The Bertz CT molecular complexity index is 1210. The van der Waals surface area contributed by atoms with E-state index in [1.165, 1.54) is 0 Å². The van der Waals surface area contributed by atoms with Crippen molar-refractivity contribution in [3.8, 4) is 0 Å². The Balaban J connectivity index is 1.62. The third kappa shape index (κ3) is 3.64. The molecule has 1 unspecified atom stereocenters. The van der Waals surface area contributed by atoms with Crippen LogP contribution < -0.4 is 11.1 Å². The number of rotatable bonds is 0. The number of hydrogen-bond acceptors (Lipinski definition) is 6. The van der Waals surface area contributed by atoms with Gasteiger partial charge in [0.25, 0.3) is 0 Å². The van der Waals surface area contributed by atoms with Crippen LogP contribution in [0.15, 0.2) is 71.9 Å². The SMILES string of the molecule is CC1OC2=C(O1)C1=C(/C=C\C3=C(/C=C\NC1)[C](=[Sb][Cl])c1oc(=O)oc1C3)C[C]2=[Sb][Cl]. The van der Waals surface area contributed by atoms with Gasteiger partial charge in [-0.25, -0.2) is 0 Å². The maximum absolute atomic E-state index is 11.7. The summed E-state index contributed by atoms with van der Waals surface area (Å²) in [6.07, 6.45) is 9.00. The van der Waals surface area contributed by atoms with Crippen molar-refractivity contribution in [2.75, 3.05) is 6.54 Å². The average Bonchev–Trinajstić information content (AvgIpc) is 3.30. The van der Waals surface area contributed by atoms with Gasteiger partial charge in [0.05, 0.1) is 0 Å². The van der Waals surface area contributed by atoms with E-state index < -0.39 is 45.8 Å². The van der Waals surface area contributed by atoms with Crippen LogP contribution in [0.4, 0.5) is 0 Å². The Morgan fingerprint density at radius 2 is 1.83 bits per heavy atom. The van der Waals surface area contributed by atoms with Crippen molar-refractivity contribution in [1.29, 1.82) is 0 Å². The molecule has 10 heteroatoms. The molecule has 6 nitrogen and oxygen atoms in total. The van der Waals surface area contributed by atoms with E-state index in [4.69, 9.17) is 36.0 Å². The molecular weight excluding hydrogens is 649 g/mol. The van der Waals surface area contributed by atoms with Gasteiger partial charge < -0.3 is 0 Å². The average molecular weight is 664 g/mol. The Hall–Kier alpha value is -0.934. The molecule has 2 aliphatic carbocycles. The molecule has 0 spiro atoms. The van der Waals surface area contributed by atoms with Gasteiger partial charge in [0, 0.05) is 0 Å². The molecule has 0 aromatic carbocycles. The van der Waals surface area contributed by atoms with Gasteiger partial charge in [0.15, 0.2) is 0 Å². The van der Waals surface area contributed by atoms with E-state index in [1.54, 1.807) is 0 Å². The summed E-state index contributed by atoms with van der Waals surface area (Å²) in [6, 6.07) is 0. The van der Waals surface area contributed by atoms with Crippen molar-refractivity contribution in [3.05, 3.63) is 80.4 Å². The molecule has 30 heavy (non-hydrogen) atoms. The first-order valence-electron chi connectivity index (χ1n) is 9.21. The van der Waals surface area contributed by atoms with Crippen molar-refractivity contribution in [2.24, 2.45) is 0 Å². The second-order valence-electron chi connectivity index (χ2n) is 6.98. The van der Waals surface area contributed by atoms with Gasteiger partial charge >= 0.3 is 201 Å². The number of ether oxygens (including phenoxy) is 2. The molecule has 1 atom stereocenters. The maximum atomic E-state index is 11.7. The summed E-state index contributed by atoms with van der Waals surface area (Å²) in [5, 5.41) is 3.36. The molecule has 2 aliphatic heterocycles. The standard InChI is InChI=1S/C20H15NO5.2ClH.2Sb/c1-11-23-16-5-4-12-2-3-13-8-17-18(26-20(22)25-17)9-14(13)6-7-21-10-15(12)19(16)24-11;;;;/h2-3,6-7,11,21H,4,8,10H2,1H3;2*1H;;/q;;;2*+1/p-2/b3-2-,7-6-;;;;. The number of hydrogen-bond donors (Lipinski definition) is 1. The molecular formula is C20H15Cl2NO5Sb2. The van der Waals surface area contributed by atoms with E-state index in [9.17, 15) is 4.79 Å². The van der Waals surface area contributed by atoms with Crippen LogP contribution in [0.2, 0.25) is 0 Å². The van der Waals surface area contributed by atoms with Gasteiger partial charge in [-0.2, -0.15) is 0 Å². The molecule has 0 saturated carbocycles. The predicted molar refractivity (Wildman–Crippen MR) is 117 cm³/mol. The summed E-state index contributed by atoms with van der Waals surface area (Å²) in [4.78, 5) is 11.7. The summed E-state index contributed by atoms with van der Waals surface area (Å²) >= 11 is -2.27. The number of fused-ring (bicyclic) bond motifs is 2. The Labute approximate surface area is 199 Å². The molecule has 3 heterocycles. The van der Waals surface area contributed by atoms with E-state index in [0.29, 0.717) is 24.5 Å². The molecule has 0 fully saturated rings. The van der Waals surface area contributed by atoms with Crippen LogP contribution >= 0.6 is 17.7 Å². The topological polar surface area (TPSA) is 73.8 Å². The molecule has 0 radical (unpaired) electrons. The molecule has 154 valence electrons. The first-order chi connectivity index (χ1) is 14.6. The van der Waals surface area contributed by atoms with Gasteiger partial charge in [-0.1, -0.05) is 0 Å². The van der Waals surface area contributed by atoms with Crippen molar-refractivity contribution >= 4 is 64.5 Å². The molecule has 4 aliphatic rings. The predicted octanol–water partition coefficient (Wildman–Crippen LogP) is 2.47. The van der Waals surface area contributed by atoms with Crippen molar-refractivity contribution in [2.45, 2.75) is 26.1 Å². The Kier molecular flexibility index (Phi) is 5.96. The molecule has 0 bridgehead atoms. The molecule has 1 aromatic rings. The third-order valence-corrected chi connectivity index (χ3v) is 11.1. The number of allylic oxidation sites excluding steroid dienone is 7. The fourth-order valence-corrected chi connectivity index (χ4v) is 8.82. The van der Waals surface area contributed by atoms with Crippen LogP contribution in [0.5, 0.6) is 0 Å². The van der Waals surface area contributed by atoms with Crippen LogP contribution in [-0.4, -0.2) is 59.7 Å². The fraction of sp³-hybridized carbons (Fsp3) is 0.250.